The Balaban J connectivity index is 0.000000207. The van der Waals surface area contributed by atoms with E-state index in [2.05, 4.69) is 80.5 Å². The number of nitrogens with one attached hydrogen (secondary N) is 3. The van der Waals surface area contributed by atoms with E-state index in [1.807, 2.05) is 116 Å². The van der Waals surface area contributed by atoms with E-state index in [4.69, 9.17) is 56.8 Å². The summed E-state index contributed by atoms with van der Waals surface area (Å²) in [7, 11) is 12.9. The van der Waals surface area contributed by atoms with Gasteiger partial charge in [-0.25, -0.2) is 28.8 Å². The fourth-order valence-corrected chi connectivity index (χ4v) is 17.8. The molecule has 36 nitrogen and oxygen atoms in total. The van der Waals surface area contributed by atoms with Crippen LogP contribution < -0.4 is 64.8 Å². The third kappa shape index (κ3) is 37.5. The molecule has 0 spiro atoms. The fraction of sp³-hybridized carbons (Fsp3) is 0.714. The van der Waals surface area contributed by atoms with Crippen molar-refractivity contribution in [3.8, 4) is 0 Å². The van der Waals surface area contributed by atoms with Gasteiger partial charge in [-0.3, -0.25) is 27.4 Å². The van der Waals surface area contributed by atoms with E-state index in [1.54, 1.807) is 161 Å². The molecule has 0 aromatic carbocycles. The van der Waals surface area contributed by atoms with Crippen LogP contribution in [0.25, 0.3) is 0 Å². The Labute approximate surface area is 767 Å². The molecule has 6 aliphatic rings. The summed E-state index contributed by atoms with van der Waals surface area (Å²) in [5, 5.41) is 8.89. The smallest absolute Gasteiger partial charge is 0.351 e. The lowest BCUT2D eigenvalue weighted by Gasteiger charge is -2.22. The van der Waals surface area contributed by atoms with Gasteiger partial charge >= 0.3 is 34.1 Å². The normalized spacial score (nSPS) is 22.0. The molecule has 126 heavy (non-hydrogen) atoms. The largest absolute Gasteiger partial charge is 0.378 e. The number of rotatable bonds is 38. The topological polar surface area (TPSA) is 366 Å². The molecule has 6 fully saturated rings. The van der Waals surface area contributed by atoms with Crippen LogP contribution in [-0.2, 0) is 56.8 Å². The SMILES string of the molecule is CC(C)COC[C@H]1O[C@@H](n2ccc(N(C)C)nc2=O)CS1.CCCCCOC[C@H]1O[C@@H](n2ccc(NC)nc2=O)CS1.CCCCOC[C@H]1O[C@@H](n2ccc(N(C)C)nc2=O)CS1.CCCCOC[C@H]1O[C@@H](n2ccc(NCC)nc2=O)CS1.CCNc1ccn([C@H]2CS[C@@H](COC(C)(C)C)O2)c(=O)n1.CN(C)c1ccn([C@H]2CS[C@@H](COC(C)(C)C)O2)c(=O)n1. The molecule has 12 heterocycles. The molecule has 0 aliphatic carbocycles. The van der Waals surface area contributed by atoms with Crippen molar-refractivity contribution in [1.82, 2.24) is 57.3 Å². The predicted octanol–water partition coefficient (Wildman–Crippen LogP) is 11.2. The van der Waals surface area contributed by atoms with E-state index in [0.29, 0.717) is 80.5 Å². The highest BCUT2D eigenvalue weighted by atomic mass is 32.2. The Kier molecular flexibility index (Phi) is 47.3. The van der Waals surface area contributed by atoms with Crippen molar-refractivity contribution in [2.45, 2.75) is 216 Å². The zero-order chi connectivity index (χ0) is 91.9. The van der Waals surface area contributed by atoms with Gasteiger partial charge in [0.05, 0.1) is 50.8 Å². The molecule has 0 unspecified atom stereocenters. The molecule has 6 aromatic heterocycles. The van der Waals surface area contributed by atoms with Gasteiger partial charge < -0.3 is 87.5 Å². The molecule has 0 bridgehead atoms. The van der Waals surface area contributed by atoms with E-state index in [0.717, 1.165) is 106 Å². The molecule has 708 valence electrons. The lowest BCUT2D eigenvalue weighted by atomic mass is 10.2. The average molecular weight is 1880 g/mol. The monoisotopic (exact) mass is 1880 g/mol. The minimum atomic E-state index is -0.295. The molecular formula is C84H138N18O18S6. The molecular weight excluding hydrogens is 1740 g/mol. The minimum Gasteiger partial charge on any atom is -0.378 e. The number of ether oxygens (including phenoxy) is 12. The highest BCUT2D eigenvalue weighted by molar-refractivity contribution is 8.01. The Morgan fingerprint density at radius 1 is 0.373 bits per heavy atom. The molecule has 12 rings (SSSR count). The summed E-state index contributed by atoms with van der Waals surface area (Å²) in [5.74, 6) is 8.63. The summed E-state index contributed by atoms with van der Waals surface area (Å²) in [6.45, 7) is 34.5. The van der Waals surface area contributed by atoms with Gasteiger partial charge in [0.2, 0.25) is 0 Å². The maximum absolute atomic E-state index is 12.1. The van der Waals surface area contributed by atoms with Crippen molar-refractivity contribution >= 4 is 105 Å². The molecule has 0 saturated carbocycles. The highest BCUT2D eigenvalue weighted by Crippen LogP contribution is 2.37. The third-order valence-corrected chi connectivity index (χ3v) is 25.1. The maximum Gasteiger partial charge on any atom is 0.351 e. The second kappa shape index (κ2) is 55.8. The van der Waals surface area contributed by atoms with E-state index in [9.17, 15) is 28.8 Å². The van der Waals surface area contributed by atoms with Gasteiger partial charge in [0.25, 0.3) is 0 Å². The summed E-state index contributed by atoms with van der Waals surface area (Å²) < 4.78 is 78.2. The van der Waals surface area contributed by atoms with Crippen molar-refractivity contribution in [1.29, 1.82) is 0 Å². The summed E-state index contributed by atoms with van der Waals surface area (Å²) in [6, 6.07) is 10.8. The molecule has 0 amide bonds. The zero-order valence-electron chi connectivity index (χ0n) is 77.1. The van der Waals surface area contributed by atoms with E-state index >= 15 is 0 Å². The summed E-state index contributed by atoms with van der Waals surface area (Å²) in [4.78, 5) is 102. The Hall–Kier alpha value is -6.30. The van der Waals surface area contributed by atoms with Crippen LogP contribution >= 0.6 is 70.6 Å². The Morgan fingerprint density at radius 2 is 0.627 bits per heavy atom. The molecule has 12 atom stereocenters. The van der Waals surface area contributed by atoms with Crippen molar-refractivity contribution in [2.24, 2.45) is 5.92 Å². The number of hydrogen-bond acceptors (Lipinski definition) is 36. The van der Waals surface area contributed by atoms with Gasteiger partial charge in [0.15, 0.2) is 0 Å². The van der Waals surface area contributed by atoms with Crippen molar-refractivity contribution in [3.05, 3.63) is 136 Å². The first kappa shape index (κ1) is 107. The van der Waals surface area contributed by atoms with Crippen molar-refractivity contribution in [2.75, 3.05) is 194 Å². The quantitative estimate of drug-likeness (QED) is 0.0303. The van der Waals surface area contributed by atoms with Crippen LogP contribution in [0.15, 0.2) is 102 Å². The summed E-state index contributed by atoms with van der Waals surface area (Å²) in [6.07, 6.45) is 16.7. The summed E-state index contributed by atoms with van der Waals surface area (Å²) >= 11 is 10.0. The van der Waals surface area contributed by atoms with E-state index < -0.39 is 0 Å². The van der Waals surface area contributed by atoms with Gasteiger partial charge in [0.1, 0.15) is 105 Å². The average Bonchev–Trinajstić information content (AvgIpc) is 1.66. The number of unbranched alkanes of at least 4 members (excludes halogenated alkanes) is 4. The standard InChI is InChI=1S/6C14H23N3O3S/c1-14(2,3)19-8-12-20-11(9-21-12)17-7-6-10(16(4)5)15-13(17)18;1-10(2)7-19-8-13-20-12(9-21-13)17-6-5-11(16(3)4)15-14(17)18;1-5-15-10-6-7-17(13(18)16-10)11-9-21-12(20-11)8-19-14(2,3)4;1-4-5-8-19-9-13-20-12(10-21-13)17-7-6-11(16(2)3)15-14(17)18;1-3-4-5-8-19-9-13-20-12(10-21-13)17-7-6-11(15-2)16-14(17)18;1-3-5-8-19-9-13-20-12(10-21-13)17-7-6-11(15-4-2)16-14(17)18/h6-7,11-12H,8-9H2,1-5H3;5-6,10,12-13H,7-9H2,1-4H3;6-7,11-12H,5,8-9H2,1-4H3,(H,15,16,18);6-7,12-13H,4-5,8-10H2,1-3H3;2*6-7,12-13H,3-5,8-10H2,1-2H3,(H,15,16,18)/t11-,12+;12-,13+;11-,12+;3*12-,13+/m111111/s1. The molecule has 0 radical (unpaired) electrons. The van der Waals surface area contributed by atoms with Crippen LogP contribution in [0, 0.1) is 5.92 Å². The first-order valence-corrected chi connectivity index (χ1v) is 49.5. The zero-order valence-corrected chi connectivity index (χ0v) is 82.0. The first-order chi connectivity index (χ1) is 60.2. The second-order valence-electron chi connectivity index (χ2n) is 32.5. The predicted molar refractivity (Wildman–Crippen MR) is 509 cm³/mol. The van der Waals surface area contributed by atoms with Gasteiger partial charge in [-0.05, 0) is 117 Å². The van der Waals surface area contributed by atoms with Crippen LogP contribution in [0.3, 0.4) is 0 Å². The Morgan fingerprint density at radius 3 is 0.873 bits per heavy atom. The van der Waals surface area contributed by atoms with E-state index in [1.165, 1.54) is 26.5 Å². The molecule has 3 N–H and O–H groups in total. The van der Waals surface area contributed by atoms with E-state index in [-0.39, 0.29) is 115 Å². The van der Waals surface area contributed by atoms with Crippen molar-refractivity contribution in [3.63, 3.8) is 0 Å². The van der Waals surface area contributed by atoms with Crippen LogP contribution in [0.1, 0.15) is 172 Å². The van der Waals surface area contributed by atoms with Crippen LogP contribution in [0.4, 0.5) is 34.9 Å². The molecule has 42 heteroatoms. The number of thioether (sulfide) groups is 6. The fourth-order valence-electron chi connectivity index (χ4n) is 11.8. The van der Waals surface area contributed by atoms with Gasteiger partial charge in [0, 0.05) is 161 Å². The Bertz CT molecular complexity index is 4520. The second-order valence-corrected chi connectivity index (χ2v) is 39.6. The van der Waals surface area contributed by atoms with Crippen LogP contribution in [0.2, 0.25) is 0 Å². The van der Waals surface area contributed by atoms with Crippen molar-refractivity contribution < 1.29 is 56.8 Å². The third-order valence-electron chi connectivity index (χ3n) is 18.5. The lowest BCUT2D eigenvalue weighted by molar-refractivity contribution is -0.0684. The molecule has 6 aliphatic heterocycles. The summed E-state index contributed by atoms with van der Waals surface area (Å²) in [5.41, 5.74) is -2.23. The van der Waals surface area contributed by atoms with Crippen LogP contribution in [0.5, 0.6) is 0 Å². The number of nitrogens with zero attached hydrogens (tertiary/aromatic N) is 15. The van der Waals surface area contributed by atoms with Gasteiger partial charge in [-0.1, -0.05) is 60.3 Å². The number of anilines is 6. The lowest BCUT2D eigenvalue weighted by Crippen LogP contribution is -2.30. The number of hydrogen-bond donors (Lipinski definition) is 3. The van der Waals surface area contributed by atoms with Gasteiger partial charge in [-0.2, -0.15) is 29.9 Å². The molecule has 6 saturated heterocycles. The highest BCUT2D eigenvalue weighted by Gasteiger charge is 2.35. The maximum atomic E-state index is 12.1. The number of aromatic nitrogens is 12. The first-order valence-electron chi connectivity index (χ1n) is 43.2. The molecule has 6 aromatic rings. The van der Waals surface area contributed by atoms with Gasteiger partial charge in [-0.15, -0.1) is 70.6 Å². The van der Waals surface area contributed by atoms with Crippen LogP contribution in [-0.4, -0.2) is 264 Å². The minimum absolute atomic E-state index is 0.00694.